The van der Waals surface area contributed by atoms with Crippen molar-refractivity contribution in [1.29, 1.82) is 0 Å². The highest BCUT2D eigenvalue weighted by Gasteiger charge is 2.24. The number of nitrogens with zero attached hydrogens (tertiary/aromatic N) is 4. The van der Waals surface area contributed by atoms with Crippen LogP contribution in [-0.2, 0) is 4.79 Å². The molecule has 1 N–H and O–H groups in total. The number of nitrogens with one attached hydrogen (secondary N) is 1. The van der Waals surface area contributed by atoms with Crippen LogP contribution in [-0.4, -0.2) is 84.1 Å². The van der Waals surface area contributed by atoms with Crippen LogP contribution in [0.25, 0.3) is 0 Å². The van der Waals surface area contributed by atoms with Crippen LogP contribution >= 0.6 is 0 Å². The Kier molecular flexibility index (Phi) is 7.37. The summed E-state index contributed by atoms with van der Waals surface area (Å²) in [5, 5.41) is 3.24. The first kappa shape index (κ1) is 23.6. The minimum Gasteiger partial charge on any atom is -0.340 e. The first-order chi connectivity index (χ1) is 16.5. The van der Waals surface area contributed by atoms with Gasteiger partial charge >= 0.3 is 0 Å². The number of rotatable bonds is 6. The maximum absolute atomic E-state index is 12.8. The molecular weight excluding hydrogens is 430 g/mol. The zero-order valence-electron chi connectivity index (χ0n) is 19.6. The van der Waals surface area contributed by atoms with Crippen LogP contribution in [0.3, 0.4) is 0 Å². The molecule has 2 saturated heterocycles. The standard InChI is InChI=1S/C26H31N5O3/c1-3-24(33)30-12-10-19(11-13-30)23-9-6-21(18-32)25(28-23)27-22-7-4-20(5-8-22)26(34)31-16-14-29(2)15-17-31/h3-9,18-19H,1,10-17H2,2H3,(H,27,28). The maximum Gasteiger partial charge on any atom is 0.253 e. The molecule has 2 aliphatic heterocycles. The predicted octanol–water partition coefficient (Wildman–Crippen LogP) is 2.92. The predicted molar refractivity (Wildman–Crippen MR) is 132 cm³/mol. The van der Waals surface area contributed by atoms with E-state index in [0.29, 0.717) is 30.0 Å². The molecule has 0 saturated carbocycles. The molecule has 0 atom stereocenters. The van der Waals surface area contributed by atoms with Gasteiger partial charge in [-0.25, -0.2) is 4.98 Å². The van der Waals surface area contributed by atoms with E-state index in [1.807, 2.05) is 23.1 Å². The molecule has 178 valence electrons. The number of amides is 2. The molecule has 0 bridgehead atoms. The van der Waals surface area contributed by atoms with Gasteiger partial charge in [0, 0.05) is 62.1 Å². The van der Waals surface area contributed by atoms with E-state index in [0.717, 1.165) is 56.7 Å². The highest BCUT2D eigenvalue weighted by atomic mass is 16.2. The van der Waals surface area contributed by atoms with E-state index in [2.05, 4.69) is 23.8 Å². The van der Waals surface area contributed by atoms with E-state index in [-0.39, 0.29) is 17.7 Å². The van der Waals surface area contributed by atoms with Crippen LogP contribution in [0.4, 0.5) is 11.5 Å². The van der Waals surface area contributed by atoms with Gasteiger partial charge in [-0.3, -0.25) is 14.4 Å². The Morgan fingerprint density at radius 1 is 0.971 bits per heavy atom. The van der Waals surface area contributed by atoms with E-state index in [9.17, 15) is 14.4 Å². The molecule has 2 aliphatic rings. The van der Waals surface area contributed by atoms with Gasteiger partial charge in [-0.15, -0.1) is 0 Å². The number of benzene rings is 1. The van der Waals surface area contributed by atoms with Gasteiger partial charge in [0.2, 0.25) is 5.91 Å². The van der Waals surface area contributed by atoms with Crippen LogP contribution in [0.5, 0.6) is 0 Å². The number of hydrogen-bond donors (Lipinski definition) is 1. The quantitative estimate of drug-likeness (QED) is 0.526. The third-order valence-corrected chi connectivity index (χ3v) is 6.66. The summed E-state index contributed by atoms with van der Waals surface area (Å²) in [6.45, 7) is 8.11. The fourth-order valence-electron chi connectivity index (χ4n) is 4.46. The molecule has 34 heavy (non-hydrogen) atoms. The molecule has 8 heteroatoms. The number of likely N-dealkylation sites (tertiary alicyclic amines) is 1. The lowest BCUT2D eigenvalue weighted by molar-refractivity contribution is -0.127. The molecule has 8 nitrogen and oxygen atoms in total. The topological polar surface area (TPSA) is 85.8 Å². The van der Waals surface area contributed by atoms with Crippen LogP contribution in [0.1, 0.15) is 45.2 Å². The molecule has 1 aromatic heterocycles. The van der Waals surface area contributed by atoms with Crippen molar-refractivity contribution in [3.8, 4) is 0 Å². The second-order valence-corrected chi connectivity index (χ2v) is 8.89. The molecule has 0 unspecified atom stereocenters. The van der Waals surface area contributed by atoms with Gasteiger partial charge in [0.25, 0.3) is 5.91 Å². The average molecular weight is 462 g/mol. The Hall–Kier alpha value is -3.52. The van der Waals surface area contributed by atoms with Crippen molar-refractivity contribution in [2.45, 2.75) is 18.8 Å². The number of aldehydes is 1. The zero-order valence-corrected chi connectivity index (χ0v) is 19.6. The maximum atomic E-state index is 12.8. The molecule has 4 rings (SSSR count). The summed E-state index contributed by atoms with van der Waals surface area (Å²) in [7, 11) is 2.06. The number of pyridine rings is 1. The SMILES string of the molecule is C=CC(=O)N1CCC(c2ccc(C=O)c(Nc3ccc(C(=O)N4CCN(C)CC4)cc3)n2)CC1. The van der Waals surface area contributed by atoms with Crippen LogP contribution in [0.15, 0.2) is 49.1 Å². The van der Waals surface area contributed by atoms with Crippen molar-refractivity contribution in [2.24, 2.45) is 0 Å². The van der Waals surface area contributed by atoms with Crippen molar-refractivity contribution in [3.05, 3.63) is 65.9 Å². The van der Waals surface area contributed by atoms with Gasteiger partial charge in [-0.1, -0.05) is 6.58 Å². The third-order valence-electron chi connectivity index (χ3n) is 6.66. The Morgan fingerprint density at radius 2 is 1.65 bits per heavy atom. The lowest BCUT2D eigenvalue weighted by Crippen LogP contribution is -2.47. The van der Waals surface area contributed by atoms with Gasteiger partial charge in [-0.2, -0.15) is 0 Å². The molecule has 2 amide bonds. The largest absolute Gasteiger partial charge is 0.340 e. The molecule has 1 aromatic carbocycles. The molecule has 3 heterocycles. The summed E-state index contributed by atoms with van der Waals surface area (Å²) in [6.07, 6.45) is 3.77. The van der Waals surface area contributed by atoms with Crippen molar-refractivity contribution < 1.29 is 14.4 Å². The van der Waals surface area contributed by atoms with Crippen molar-refractivity contribution in [3.63, 3.8) is 0 Å². The van der Waals surface area contributed by atoms with E-state index < -0.39 is 0 Å². The highest BCUT2D eigenvalue weighted by Crippen LogP contribution is 2.29. The van der Waals surface area contributed by atoms with Crippen LogP contribution in [0.2, 0.25) is 0 Å². The summed E-state index contributed by atoms with van der Waals surface area (Å²) in [5.74, 6) is 0.711. The lowest BCUT2D eigenvalue weighted by atomic mass is 9.92. The number of carbonyl (C=O) groups excluding carboxylic acids is 3. The third kappa shape index (κ3) is 5.34. The molecule has 2 aromatic rings. The summed E-state index contributed by atoms with van der Waals surface area (Å²) >= 11 is 0. The Balaban J connectivity index is 1.44. The van der Waals surface area contributed by atoms with Gasteiger partial charge in [0.1, 0.15) is 5.82 Å². The highest BCUT2D eigenvalue weighted by molar-refractivity contribution is 5.95. The average Bonchev–Trinajstić information content (AvgIpc) is 2.89. The van der Waals surface area contributed by atoms with E-state index in [1.165, 1.54) is 6.08 Å². The second kappa shape index (κ2) is 10.6. The van der Waals surface area contributed by atoms with Crippen molar-refractivity contribution in [1.82, 2.24) is 19.7 Å². The molecule has 2 fully saturated rings. The number of hydrogen-bond acceptors (Lipinski definition) is 6. The molecule has 0 aliphatic carbocycles. The van der Waals surface area contributed by atoms with E-state index >= 15 is 0 Å². The first-order valence-electron chi connectivity index (χ1n) is 11.7. The van der Waals surface area contributed by atoms with Crippen molar-refractivity contribution in [2.75, 3.05) is 51.6 Å². The smallest absolute Gasteiger partial charge is 0.253 e. The lowest BCUT2D eigenvalue weighted by Gasteiger charge is -2.32. The number of carbonyl (C=O) groups is 3. The van der Waals surface area contributed by atoms with Gasteiger partial charge < -0.3 is 20.0 Å². The zero-order chi connectivity index (χ0) is 24.1. The number of piperazine rings is 1. The van der Waals surface area contributed by atoms with Gasteiger partial charge in [0.15, 0.2) is 6.29 Å². The van der Waals surface area contributed by atoms with E-state index in [4.69, 9.17) is 4.98 Å². The monoisotopic (exact) mass is 461 g/mol. The summed E-state index contributed by atoms with van der Waals surface area (Å²) in [6, 6.07) is 11.0. The number of anilines is 2. The fraction of sp³-hybridized carbons (Fsp3) is 0.385. The summed E-state index contributed by atoms with van der Waals surface area (Å²) in [5.41, 5.74) is 2.78. The van der Waals surface area contributed by atoms with Crippen LogP contribution < -0.4 is 5.32 Å². The van der Waals surface area contributed by atoms with Crippen molar-refractivity contribution >= 4 is 29.6 Å². The molecular formula is C26H31N5O3. The molecule has 0 radical (unpaired) electrons. The Morgan fingerprint density at radius 3 is 2.26 bits per heavy atom. The first-order valence-corrected chi connectivity index (χ1v) is 11.7. The van der Waals surface area contributed by atoms with Crippen LogP contribution in [0, 0.1) is 0 Å². The number of aromatic nitrogens is 1. The fourth-order valence-corrected chi connectivity index (χ4v) is 4.46. The molecule has 0 spiro atoms. The summed E-state index contributed by atoms with van der Waals surface area (Å²) < 4.78 is 0. The Labute approximate surface area is 200 Å². The normalized spacial score (nSPS) is 17.3. The minimum absolute atomic E-state index is 0.0367. The Bertz CT molecular complexity index is 1050. The van der Waals surface area contributed by atoms with Gasteiger partial charge in [-0.05, 0) is 62.4 Å². The number of likely N-dealkylation sites (N-methyl/N-ethyl adjacent to an activating group) is 1. The van der Waals surface area contributed by atoms with Gasteiger partial charge in [0.05, 0.1) is 5.56 Å². The summed E-state index contributed by atoms with van der Waals surface area (Å²) in [4.78, 5) is 46.9. The second-order valence-electron chi connectivity index (χ2n) is 8.89. The number of piperidine rings is 1. The minimum atomic E-state index is -0.0420. The van der Waals surface area contributed by atoms with E-state index in [1.54, 1.807) is 23.1 Å².